The van der Waals surface area contributed by atoms with E-state index in [2.05, 4.69) is 15.4 Å². The lowest BCUT2D eigenvalue weighted by atomic mass is 10.3. The van der Waals surface area contributed by atoms with Gasteiger partial charge >= 0.3 is 0 Å². The van der Waals surface area contributed by atoms with Crippen LogP contribution in [0.15, 0.2) is 48.2 Å². The normalized spacial score (nSPS) is 10.4. The highest BCUT2D eigenvalue weighted by molar-refractivity contribution is 7.12. The molecule has 1 N–H and O–H groups in total. The number of pyridine rings is 1. The fourth-order valence-electron chi connectivity index (χ4n) is 1.69. The van der Waals surface area contributed by atoms with Crippen molar-refractivity contribution in [3.8, 4) is 5.82 Å². The van der Waals surface area contributed by atoms with Gasteiger partial charge in [0.25, 0.3) is 5.91 Å². The summed E-state index contributed by atoms with van der Waals surface area (Å²) in [6, 6.07) is 7.11. The maximum absolute atomic E-state index is 12.1. The van der Waals surface area contributed by atoms with E-state index in [9.17, 15) is 4.79 Å². The molecular weight excluding hydrogens is 296 g/mol. The summed E-state index contributed by atoms with van der Waals surface area (Å²) in [4.78, 5) is 16.9. The van der Waals surface area contributed by atoms with Crippen LogP contribution in [0.4, 0.5) is 5.69 Å². The van der Waals surface area contributed by atoms with Crippen LogP contribution in [0.1, 0.15) is 9.67 Å². The number of halogens is 1. The fourth-order valence-corrected chi connectivity index (χ4v) is 2.44. The molecule has 0 aliphatic carbocycles. The Hall–Kier alpha value is -2.18. The van der Waals surface area contributed by atoms with Crippen molar-refractivity contribution in [1.82, 2.24) is 14.8 Å². The number of nitrogens with zero attached hydrogens (tertiary/aromatic N) is 3. The average Bonchev–Trinajstić information content (AvgIpc) is 3.10. The third-order valence-corrected chi connectivity index (χ3v) is 3.61. The number of aromatic nitrogens is 3. The van der Waals surface area contributed by atoms with Crippen LogP contribution in [0.2, 0.25) is 5.02 Å². The lowest BCUT2D eigenvalue weighted by Gasteiger charge is -2.08. The summed E-state index contributed by atoms with van der Waals surface area (Å²) >= 11 is 7.23. The van der Waals surface area contributed by atoms with Crippen LogP contribution in [0, 0.1) is 0 Å². The molecule has 0 fully saturated rings. The fraction of sp³-hybridized carbons (Fsp3) is 0. The number of carbonyl (C=O) groups is 1. The Kier molecular flexibility index (Phi) is 3.49. The lowest BCUT2D eigenvalue weighted by Crippen LogP contribution is -2.13. The van der Waals surface area contributed by atoms with Crippen molar-refractivity contribution in [3.63, 3.8) is 0 Å². The van der Waals surface area contributed by atoms with Crippen LogP contribution < -0.4 is 5.32 Å². The molecule has 0 saturated heterocycles. The second kappa shape index (κ2) is 5.44. The molecule has 0 bridgehead atoms. The Morgan fingerprint density at radius 1 is 1.35 bits per heavy atom. The van der Waals surface area contributed by atoms with Crippen molar-refractivity contribution in [3.05, 3.63) is 58.1 Å². The van der Waals surface area contributed by atoms with E-state index in [4.69, 9.17) is 11.6 Å². The minimum Gasteiger partial charge on any atom is -0.318 e. The summed E-state index contributed by atoms with van der Waals surface area (Å²) in [5.74, 6) is 0.344. The third-order valence-electron chi connectivity index (χ3n) is 2.55. The second-order valence-corrected chi connectivity index (χ2v) is 5.29. The molecule has 1 amide bonds. The zero-order chi connectivity index (χ0) is 13.9. The Bertz CT molecular complexity index is 738. The van der Waals surface area contributed by atoms with Gasteiger partial charge < -0.3 is 5.32 Å². The van der Waals surface area contributed by atoms with E-state index in [-0.39, 0.29) is 5.91 Å². The summed E-state index contributed by atoms with van der Waals surface area (Å²) in [5, 5.41) is 9.28. The zero-order valence-corrected chi connectivity index (χ0v) is 11.7. The predicted octanol–water partition coefficient (Wildman–Crippen LogP) is 3.23. The van der Waals surface area contributed by atoms with E-state index < -0.39 is 0 Å². The number of anilines is 1. The Morgan fingerprint density at radius 3 is 2.95 bits per heavy atom. The monoisotopic (exact) mass is 304 g/mol. The SMILES string of the molecule is O=C(Nc1cccnc1-n1cc(Cl)cn1)c1cccs1. The molecule has 0 saturated carbocycles. The van der Waals surface area contributed by atoms with Crippen LogP contribution in [0.3, 0.4) is 0 Å². The molecule has 100 valence electrons. The predicted molar refractivity (Wildman–Crippen MR) is 78.6 cm³/mol. The van der Waals surface area contributed by atoms with Gasteiger partial charge in [-0.15, -0.1) is 11.3 Å². The van der Waals surface area contributed by atoms with Crippen LogP contribution in [-0.2, 0) is 0 Å². The second-order valence-electron chi connectivity index (χ2n) is 3.91. The van der Waals surface area contributed by atoms with Crippen LogP contribution in [0.25, 0.3) is 5.82 Å². The number of hydrogen-bond donors (Lipinski definition) is 1. The molecule has 0 radical (unpaired) electrons. The minimum atomic E-state index is -0.174. The molecule has 0 atom stereocenters. The first-order chi connectivity index (χ1) is 9.74. The number of thiophene rings is 1. The Labute approximate surface area is 123 Å². The molecule has 3 aromatic rings. The van der Waals surface area contributed by atoms with Gasteiger partial charge in [-0.05, 0) is 23.6 Å². The van der Waals surface area contributed by atoms with Crippen LogP contribution in [-0.4, -0.2) is 20.7 Å². The van der Waals surface area contributed by atoms with Gasteiger partial charge in [0, 0.05) is 6.20 Å². The molecule has 0 spiro atoms. The minimum absolute atomic E-state index is 0.174. The van der Waals surface area contributed by atoms with Gasteiger partial charge in [-0.3, -0.25) is 4.79 Å². The third kappa shape index (κ3) is 2.56. The van der Waals surface area contributed by atoms with Crippen molar-refractivity contribution < 1.29 is 4.79 Å². The molecule has 3 heterocycles. The van der Waals surface area contributed by atoms with Crippen LogP contribution in [0.5, 0.6) is 0 Å². The van der Waals surface area contributed by atoms with Crippen molar-refractivity contribution in [2.24, 2.45) is 0 Å². The first-order valence-electron chi connectivity index (χ1n) is 5.74. The van der Waals surface area contributed by atoms with Gasteiger partial charge in [0.2, 0.25) is 0 Å². The molecule has 3 rings (SSSR count). The van der Waals surface area contributed by atoms with E-state index in [0.29, 0.717) is 21.4 Å². The quantitative estimate of drug-likeness (QED) is 0.808. The Balaban J connectivity index is 1.92. The standard InChI is InChI=1S/C13H9ClN4OS/c14-9-7-16-18(8-9)12-10(3-1-5-15-12)17-13(19)11-4-2-6-20-11/h1-8H,(H,17,19). The first kappa shape index (κ1) is 12.8. The molecule has 0 aliphatic heterocycles. The van der Waals surface area contributed by atoms with Gasteiger partial charge in [-0.25, -0.2) is 9.67 Å². The van der Waals surface area contributed by atoms with E-state index in [1.165, 1.54) is 22.2 Å². The topological polar surface area (TPSA) is 59.8 Å². The highest BCUT2D eigenvalue weighted by Crippen LogP contribution is 2.20. The van der Waals surface area contributed by atoms with Crippen molar-refractivity contribution >= 4 is 34.5 Å². The lowest BCUT2D eigenvalue weighted by molar-refractivity contribution is 0.103. The summed E-state index contributed by atoms with van der Waals surface area (Å²) in [5.41, 5.74) is 0.575. The smallest absolute Gasteiger partial charge is 0.265 e. The van der Waals surface area contributed by atoms with Gasteiger partial charge in [-0.1, -0.05) is 17.7 Å². The highest BCUT2D eigenvalue weighted by atomic mass is 35.5. The number of amides is 1. The number of nitrogens with one attached hydrogen (secondary N) is 1. The maximum atomic E-state index is 12.1. The summed E-state index contributed by atoms with van der Waals surface area (Å²) in [7, 11) is 0. The molecule has 0 aliphatic rings. The molecule has 20 heavy (non-hydrogen) atoms. The summed E-state index contributed by atoms with van der Waals surface area (Å²) in [6.07, 6.45) is 4.78. The number of hydrogen-bond acceptors (Lipinski definition) is 4. The van der Waals surface area contributed by atoms with E-state index in [0.717, 1.165) is 0 Å². The molecular formula is C13H9ClN4OS. The average molecular weight is 305 g/mol. The molecule has 5 nitrogen and oxygen atoms in total. The van der Waals surface area contributed by atoms with E-state index >= 15 is 0 Å². The number of rotatable bonds is 3. The van der Waals surface area contributed by atoms with Crippen molar-refractivity contribution in [1.29, 1.82) is 0 Å². The molecule has 0 unspecified atom stereocenters. The van der Waals surface area contributed by atoms with Gasteiger partial charge in [0.15, 0.2) is 5.82 Å². The largest absolute Gasteiger partial charge is 0.318 e. The molecule has 7 heteroatoms. The van der Waals surface area contributed by atoms with Crippen molar-refractivity contribution in [2.75, 3.05) is 5.32 Å². The van der Waals surface area contributed by atoms with Gasteiger partial charge in [0.1, 0.15) is 0 Å². The molecule has 0 aromatic carbocycles. The van der Waals surface area contributed by atoms with Crippen molar-refractivity contribution in [2.45, 2.75) is 0 Å². The maximum Gasteiger partial charge on any atom is 0.265 e. The van der Waals surface area contributed by atoms with E-state index in [1.54, 1.807) is 30.6 Å². The van der Waals surface area contributed by atoms with Gasteiger partial charge in [0.05, 0.1) is 28.0 Å². The Morgan fingerprint density at radius 2 is 2.25 bits per heavy atom. The van der Waals surface area contributed by atoms with E-state index in [1.807, 2.05) is 11.4 Å². The van der Waals surface area contributed by atoms with Gasteiger partial charge in [-0.2, -0.15) is 5.10 Å². The highest BCUT2D eigenvalue weighted by Gasteiger charge is 2.12. The molecule has 3 aromatic heterocycles. The first-order valence-corrected chi connectivity index (χ1v) is 7.00. The van der Waals surface area contributed by atoms with Crippen LogP contribution >= 0.6 is 22.9 Å². The number of carbonyl (C=O) groups excluding carboxylic acids is 1. The summed E-state index contributed by atoms with van der Waals surface area (Å²) in [6.45, 7) is 0. The zero-order valence-electron chi connectivity index (χ0n) is 10.2. The summed E-state index contributed by atoms with van der Waals surface area (Å²) < 4.78 is 1.52.